The summed E-state index contributed by atoms with van der Waals surface area (Å²) in [5.41, 5.74) is 0. The molecule has 0 spiro atoms. The molecule has 0 rings (SSSR count). The van der Waals surface area contributed by atoms with Gasteiger partial charge in [0.1, 0.15) is 6.29 Å². The molecule has 0 saturated heterocycles. The predicted molar refractivity (Wildman–Crippen MR) is 46.0 cm³/mol. The zero-order valence-electron chi connectivity index (χ0n) is 6.74. The smallest absolute Gasteiger partial charge is 0.204 e. The highest BCUT2D eigenvalue weighted by Gasteiger charge is 2.09. The fraction of sp³-hybridized carbons (Fsp3) is 0.857. The predicted octanol–water partition coefficient (Wildman–Crippen LogP) is 1.49. The van der Waals surface area contributed by atoms with E-state index in [1.54, 1.807) is 0 Å². The van der Waals surface area contributed by atoms with E-state index in [1.165, 1.54) is 0 Å². The van der Waals surface area contributed by atoms with Gasteiger partial charge in [0.05, 0.1) is 0 Å². The maximum absolute atomic E-state index is 10.4. The van der Waals surface area contributed by atoms with Gasteiger partial charge in [0.15, 0.2) is 0 Å². The third kappa shape index (κ3) is 6.09. The van der Waals surface area contributed by atoms with E-state index >= 15 is 0 Å². The van der Waals surface area contributed by atoms with Crippen molar-refractivity contribution in [2.24, 2.45) is 5.92 Å². The standard InChI is InChI=1S/C7H12ClNO3/c8-4-1-2-7(6-10)3-5-9(11)12/h6-7H,1-5H2. The SMILES string of the molecule is O=CC(CCCCl)CC[N+](=O)[O-]. The minimum absolute atomic E-state index is 0.133. The first kappa shape index (κ1) is 11.4. The molecule has 0 fully saturated rings. The fourth-order valence-corrected chi connectivity index (χ4v) is 1.05. The van der Waals surface area contributed by atoms with Gasteiger partial charge in [0.25, 0.3) is 0 Å². The Balaban J connectivity index is 3.52. The van der Waals surface area contributed by atoms with Crippen LogP contribution in [0.4, 0.5) is 0 Å². The van der Waals surface area contributed by atoms with E-state index in [2.05, 4.69) is 0 Å². The Hall–Kier alpha value is -0.640. The van der Waals surface area contributed by atoms with Gasteiger partial charge < -0.3 is 4.79 Å². The Morgan fingerprint density at radius 3 is 2.58 bits per heavy atom. The molecule has 0 N–H and O–H groups in total. The van der Waals surface area contributed by atoms with Gasteiger partial charge in [-0.05, 0) is 12.8 Å². The molecule has 1 unspecified atom stereocenters. The second kappa shape index (κ2) is 7.03. The third-order valence-corrected chi connectivity index (χ3v) is 1.85. The molecule has 1 atom stereocenters. The molecule has 0 aromatic rings. The molecule has 0 amide bonds. The van der Waals surface area contributed by atoms with Crippen molar-refractivity contribution in [3.8, 4) is 0 Å². The van der Waals surface area contributed by atoms with Crippen LogP contribution in [0, 0.1) is 16.0 Å². The minimum atomic E-state index is -0.406. The molecule has 0 bridgehead atoms. The number of carbonyl (C=O) groups is 1. The zero-order valence-corrected chi connectivity index (χ0v) is 7.50. The molecule has 12 heavy (non-hydrogen) atoms. The van der Waals surface area contributed by atoms with E-state index in [0.717, 1.165) is 12.7 Å². The van der Waals surface area contributed by atoms with Crippen molar-refractivity contribution >= 4 is 17.9 Å². The molecule has 0 aliphatic heterocycles. The molecule has 0 radical (unpaired) electrons. The van der Waals surface area contributed by atoms with Gasteiger partial charge in [-0.1, -0.05) is 0 Å². The van der Waals surface area contributed by atoms with Gasteiger partial charge in [-0.2, -0.15) is 0 Å². The summed E-state index contributed by atoms with van der Waals surface area (Å²) in [5, 5.41) is 9.96. The number of nitrogens with zero attached hydrogens (tertiary/aromatic N) is 1. The number of alkyl halides is 1. The van der Waals surface area contributed by atoms with Crippen molar-refractivity contribution in [1.29, 1.82) is 0 Å². The lowest BCUT2D eigenvalue weighted by atomic mass is 10.0. The first-order valence-electron chi connectivity index (χ1n) is 3.83. The van der Waals surface area contributed by atoms with E-state index in [9.17, 15) is 14.9 Å². The van der Waals surface area contributed by atoms with E-state index in [0.29, 0.717) is 18.7 Å². The monoisotopic (exact) mass is 193 g/mol. The molecule has 70 valence electrons. The fourth-order valence-electron chi connectivity index (χ4n) is 0.891. The summed E-state index contributed by atoms with van der Waals surface area (Å²) in [4.78, 5) is 19.9. The minimum Gasteiger partial charge on any atom is -0.303 e. The second-order valence-electron chi connectivity index (χ2n) is 2.57. The Bertz CT molecular complexity index is 152. The van der Waals surface area contributed by atoms with Crippen molar-refractivity contribution in [3.05, 3.63) is 10.1 Å². The Morgan fingerprint density at radius 1 is 1.50 bits per heavy atom. The van der Waals surface area contributed by atoms with Crippen LogP contribution in [0.15, 0.2) is 0 Å². The number of nitro groups is 1. The molecule has 5 heteroatoms. The maximum atomic E-state index is 10.4. The Morgan fingerprint density at radius 2 is 2.17 bits per heavy atom. The van der Waals surface area contributed by atoms with E-state index in [1.807, 2.05) is 0 Å². The summed E-state index contributed by atoms with van der Waals surface area (Å²) < 4.78 is 0. The van der Waals surface area contributed by atoms with Crippen LogP contribution in [0.3, 0.4) is 0 Å². The summed E-state index contributed by atoms with van der Waals surface area (Å²) in [6.07, 6.45) is 2.49. The zero-order chi connectivity index (χ0) is 9.40. The highest BCUT2D eigenvalue weighted by molar-refractivity contribution is 6.17. The molecule has 0 aromatic heterocycles. The maximum Gasteiger partial charge on any atom is 0.204 e. The van der Waals surface area contributed by atoms with Crippen LogP contribution in [0.1, 0.15) is 19.3 Å². The molecule has 4 nitrogen and oxygen atoms in total. The number of hydrogen-bond acceptors (Lipinski definition) is 3. The average Bonchev–Trinajstić information content (AvgIpc) is 2.05. The van der Waals surface area contributed by atoms with Crippen LogP contribution in [-0.4, -0.2) is 23.6 Å². The summed E-state index contributed by atoms with van der Waals surface area (Å²) in [7, 11) is 0. The number of aldehydes is 1. The number of carbonyl (C=O) groups excluding carboxylic acids is 1. The van der Waals surface area contributed by atoms with Gasteiger partial charge in [0.2, 0.25) is 6.54 Å². The topological polar surface area (TPSA) is 60.2 Å². The summed E-state index contributed by atoms with van der Waals surface area (Å²) in [5.74, 6) is 0.303. The van der Waals surface area contributed by atoms with Gasteiger partial charge >= 0.3 is 0 Å². The third-order valence-electron chi connectivity index (χ3n) is 1.58. The average molecular weight is 194 g/mol. The summed E-state index contributed by atoms with van der Waals surface area (Å²) in [6, 6.07) is 0. The number of rotatable bonds is 7. The quantitative estimate of drug-likeness (QED) is 0.266. The van der Waals surface area contributed by atoms with E-state index in [4.69, 9.17) is 11.6 Å². The lowest BCUT2D eigenvalue weighted by molar-refractivity contribution is -0.481. The molecule has 0 aliphatic carbocycles. The van der Waals surface area contributed by atoms with Crippen molar-refractivity contribution in [3.63, 3.8) is 0 Å². The highest BCUT2D eigenvalue weighted by Crippen LogP contribution is 2.08. The van der Waals surface area contributed by atoms with Crippen LogP contribution in [-0.2, 0) is 4.79 Å². The lowest BCUT2D eigenvalue weighted by Gasteiger charge is -2.04. The van der Waals surface area contributed by atoms with Crippen LogP contribution in [0.5, 0.6) is 0 Å². The van der Waals surface area contributed by atoms with E-state index in [-0.39, 0.29) is 12.5 Å². The largest absolute Gasteiger partial charge is 0.303 e. The van der Waals surface area contributed by atoms with Crippen LogP contribution in [0.2, 0.25) is 0 Å². The van der Waals surface area contributed by atoms with Crippen molar-refractivity contribution in [1.82, 2.24) is 0 Å². The van der Waals surface area contributed by atoms with Crippen molar-refractivity contribution in [2.75, 3.05) is 12.4 Å². The van der Waals surface area contributed by atoms with Gasteiger partial charge in [0, 0.05) is 23.1 Å². The van der Waals surface area contributed by atoms with Crippen LogP contribution < -0.4 is 0 Å². The van der Waals surface area contributed by atoms with E-state index < -0.39 is 4.92 Å². The van der Waals surface area contributed by atoms with Crippen molar-refractivity contribution in [2.45, 2.75) is 19.3 Å². The number of hydrogen-bond donors (Lipinski definition) is 0. The van der Waals surface area contributed by atoms with Crippen LogP contribution in [0.25, 0.3) is 0 Å². The molecular weight excluding hydrogens is 182 g/mol. The lowest BCUT2D eigenvalue weighted by Crippen LogP contribution is -2.10. The van der Waals surface area contributed by atoms with Gasteiger partial charge in [-0.15, -0.1) is 11.6 Å². The molecular formula is C7H12ClNO3. The summed E-state index contributed by atoms with van der Waals surface area (Å²) in [6.45, 7) is -0.133. The molecule has 0 aromatic carbocycles. The highest BCUT2D eigenvalue weighted by atomic mass is 35.5. The van der Waals surface area contributed by atoms with Crippen LogP contribution >= 0.6 is 11.6 Å². The molecule has 0 aliphatic rings. The first-order chi connectivity index (χ1) is 5.70. The second-order valence-corrected chi connectivity index (χ2v) is 2.95. The van der Waals surface area contributed by atoms with Gasteiger partial charge in [-0.3, -0.25) is 10.1 Å². The first-order valence-corrected chi connectivity index (χ1v) is 4.37. The number of halogens is 1. The Labute approximate surface area is 76.0 Å². The summed E-state index contributed by atoms with van der Waals surface area (Å²) >= 11 is 5.42. The van der Waals surface area contributed by atoms with Crippen molar-refractivity contribution < 1.29 is 9.72 Å². The Kier molecular flexibility index (Phi) is 6.66. The van der Waals surface area contributed by atoms with Gasteiger partial charge in [-0.25, -0.2) is 0 Å². The molecule has 0 heterocycles. The molecule has 0 saturated carbocycles. The normalized spacial score (nSPS) is 12.4.